The van der Waals surface area contributed by atoms with Gasteiger partial charge in [-0.3, -0.25) is 9.59 Å². The third-order valence-corrected chi connectivity index (χ3v) is 5.35. The van der Waals surface area contributed by atoms with E-state index >= 15 is 0 Å². The van der Waals surface area contributed by atoms with Gasteiger partial charge in [0.25, 0.3) is 0 Å². The van der Waals surface area contributed by atoms with E-state index in [1.165, 1.54) is 24.0 Å². The SMILES string of the molecule is CC(C)C(NC(=O)C1Cc2ccccc2CN1)C(=O)NC1CCCC1.Cl. The number of amides is 2. The fraction of sp³-hybridized carbons (Fsp3) is 0.600. The number of rotatable bonds is 5. The van der Waals surface area contributed by atoms with E-state index in [-0.39, 0.29) is 42.2 Å². The molecule has 1 saturated carbocycles. The van der Waals surface area contributed by atoms with Gasteiger partial charge in [-0.1, -0.05) is 51.0 Å². The van der Waals surface area contributed by atoms with E-state index in [0.717, 1.165) is 12.8 Å². The van der Waals surface area contributed by atoms with Crippen molar-refractivity contribution in [1.82, 2.24) is 16.0 Å². The molecule has 144 valence electrons. The van der Waals surface area contributed by atoms with Crippen molar-refractivity contribution in [3.63, 3.8) is 0 Å². The van der Waals surface area contributed by atoms with E-state index in [0.29, 0.717) is 13.0 Å². The first-order chi connectivity index (χ1) is 12.0. The zero-order valence-corrected chi connectivity index (χ0v) is 16.4. The number of carbonyl (C=O) groups excluding carboxylic acids is 2. The number of fused-ring (bicyclic) bond motifs is 1. The second-order valence-corrected chi connectivity index (χ2v) is 7.63. The molecule has 6 heteroatoms. The maximum absolute atomic E-state index is 12.7. The Kier molecular flexibility index (Phi) is 7.47. The number of halogens is 1. The molecule has 0 saturated heterocycles. The molecule has 1 heterocycles. The summed E-state index contributed by atoms with van der Waals surface area (Å²) in [6.07, 6.45) is 5.11. The molecule has 1 fully saturated rings. The van der Waals surface area contributed by atoms with Crippen LogP contribution in [0.1, 0.15) is 50.7 Å². The Morgan fingerprint density at radius 2 is 1.77 bits per heavy atom. The van der Waals surface area contributed by atoms with Crippen LogP contribution < -0.4 is 16.0 Å². The molecular formula is C20H30ClN3O2. The van der Waals surface area contributed by atoms with Crippen LogP contribution in [0.15, 0.2) is 24.3 Å². The van der Waals surface area contributed by atoms with Crippen molar-refractivity contribution in [3.8, 4) is 0 Å². The molecule has 3 N–H and O–H groups in total. The van der Waals surface area contributed by atoms with E-state index in [9.17, 15) is 9.59 Å². The molecule has 0 radical (unpaired) electrons. The highest BCUT2D eigenvalue weighted by molar-refractivity contribution is 5.90. The zero-order chi connectivity index (χ0) is 17.8. The molecular weight excluding hydrogens is 350 g/mol. The van der Waals surface area contributed by atoms with E-state index in [2.05, 4.69) is 28.1 Å². The van der Waals surface area contributed by atoms with Crippen LogP contribution >= 0.6 is 12.4 Å². The van der Waals surface area contributed by atoms with Crippen LogP contribution in [0.5, 0.6) is 0 Å². The summed E-state index contributed by atoms with van der Waals surface area (Å²) in [6, 6.07) is 7.69. The van der Waals surface area contributed by atoms with E-state index in [1.807, 2.05) is 26.0 Å². The Labute approximate surface area is 162 Å². The van der Waals surface area contributed by atoms with Crippen LogP contribution in [0.3, 0.4) is 0 Å². The first kappa shape index (κ1) is 20.7. The highest BCUT2D eigenvalue weighted by Crippen LogP contribution is 2.19. The van der Waals surface area contributed by atoms with Gasteiger partial charge in [0.1, 0.15) is 6.04 Å². The highest BCUT2D eigenvalue weighted by atomic mass is 35.5. The molecule has 0 spiro atoms. The second kappa shape index (κ2) is 9.38. The summed E-state index contributed by atoms with van der Waals surface area (Å²) in [7, 11) is 0. The van der Waals surface area contributed by atoms with Gasteiger partial charge in [0.2, 0.25) is 11.8 Å². The number of nitrogens with one attached hydrogen (secondary N) is 3. The average molecular weight is 380 g/mol. The number of hydrogen-bond donors (Lipinski definition) is 3. The van der Waals surface area contributed by atoms with Gasteiger partial charge in [-0.2, -0.15) is 0 Å². The third-order valence-electron chi connectivity index (χ3n) is 5.35. The maximum atomic E-state index is 12.7. The summed E-state index contributed by atoms with van der Waals surface area (Å²) in [6.45, 7) is 4.64. The van der Waals surface area contributed by atoms with Crippen molar-refractivity contribution < 1.29 is 9.59 Å². The molecule has 1 aromatic carbocycles. The number of hydrogen-bond acceptors (Lipinski definition) is 3. The summed E-state index contributed by atoms with van der Waals surface area (Å²) in [5.41, 5.74) is 2.45. The first-order valence-corrected chi connectivity index (χ1v) is 9.45. The molecule has 0 bridgehead atoms. The molecule has 1 aromatic rings. The van der Waals surface area contributed by atoms with Crippen LogP contribution in [0, 0.1) is 5.92 Å². The van der Waals surface area contributed by atoms with Gasteiger partial charge in [-0.25, -0.2) is 0 Å². The Hall–Kier alpha value is -1.59. The van der Waals surface area contributed by atoms with Crippen molar-refractivity contribution >= 4 is 24.2 Å². The fourth-order valence-electron chi connectivity index (χ4n) is 3.79. The minimum absolute atomic E-state index is 0. The Bertz CT molecular complexity index is 629. The Morgan fingerprint density at radius 3 is 2.42 bits per heavy atom. The summed E-state index contributed by atoms with van der Waals surface area (Å²) in [4.78, 5) is 25.3. The molecule has 1 aliphatic heterocycles. The van der Waals surface area contributed by atoms with Gasteiger partial charge in [0.15, 0.2) is 0 Å². The summed E-state index contributed by atoms with van der Waals surface area (Å²) >= 11 is 0. The van der Waals surface area contributed by atoms with Crippen LogP contribution in [0.4, 0.5) is 0 Å². The largest absolute Gasteiger partial charge is 0.352 e. The zero-order valence-electron chi connectivity index (χ0n) is 15.6. The third kappa shape index (κ3) is 4.98. The average Bonchev–Trinajstić information content (AvgIpc) is 3.11. The first-order valence-electron chi connectivity index (χ1n) is 9.45. The van der Waals surface area contributed by atoms with Gasteiger partial charge < -0.3 is 16.0 Å². The monoisotopic (exact) mass is 379 g/mol. The molecule has 2 unspecified atom stereocenters. The lowest BCUT2D eigenvalue weighted by Crippen LogP contribution is -2.56. The standard InChI is InChI=1S/C20H29N3O2.ClH/c1-13(2)18(20(25)22-16-9-5-6-10-16)23-19(24)17-11-14-7-3-4-8-15(14)12-21-17;/h3-4,7-8,13,16-18,21H,5-6,9-12H2,1-2H3,(H,22,25)(H,23,24);1H. The minimum Gasteiger partial charge on any atom is -0.352 e. The van der Waals surface area contributed by atoms with Gasteiger partial charge >= 0.3 is 0 Å². The Balaban J connectivity index is 0.00000243. The smallest absolute Gasteiger partial charge is 0.243 e. The maximum Gasteiger partial charge on any atom is 0.243 e. The summed E-state index contributed by atoms with van der Waals surface area (Å²) < 4.78 is 0. The molecule has 0 aromatic heterocycles. The lowest BCUT2D eigenvalue weighted by atomic mass is 9.94. The quantitative estimate of drug-likeness (QED) is 0.735. The highest BCUT2D eigenvalue weighted by Gasteiger charge is 2.31. The Morgan fingerprint density at radius 1 is 1.12 bits per heavy atom. The predicted octanol–water partition coefficient (Wildman–Crippen LogP) is 2.32. The van der Waals surface area contributed by atoms with Crippen molar-refractivity contribution in [3.05, 3.63) is 35.4 Å². The fourth-order valence-corrected chi connectivity index (χ4v) is 3.79. The summed E-state index contributed by atoms with van der Waals surface area (Å²) in [5, 5.41) is 9.38. The van der Waals surface area contributed by atoms with Crippen molar-refractivity contribution in [2.24, 2.45) is 5.92 Å². The number of carbonyl (C=O) groups is 2. The molecule has 2 amide bonds. The molecule has 2 aliphatic rings. The van der Waals surface area contributed by atoms with E-state index in [1.54, 1.807) is 0 Å². The number of benzene rings is 1. The van der Waals surface area contributed by atoms with Crippen LogP contribution in [0.25, 0.3) is 0 Å². The van der Waals surface area contributed by atoms with Crippen LogP contribution in [-0.2, 0) is 22.6 Å². The molecule has 26 heavy (non-hydrogen) atoms. The molecule has 3 rings (SSSR count). The van der Waals surface area contributed by atoms with Crippen molar-refractivity contribution in [2.45, 2.75) is 70.6 Å². The van der Waals surface area contributed by atoms with Crippen molar-refractivity contribution in [1.29, 1.82) is 0 Å². The predicted molar refractivity (Wildman–Crippen MR) is 105 cm³/mol. The lowest BCUT2D eigenvalue weighted by molar-refractivity contribution is -0.131. The van der Waals surface area contributed by atoms with Crippen molar-refractivity contribution in [2.75, 3.05) is 0 Å². The second-order valence-electron chi connectivity index (χ2n) is 7.63. The van der Waals surface area contributed by atoms with Gasteiger partial charge in [-0.05, 0) is 36.3 Å². The molecule has 5 nitrogen and oxygen atoms in total. The van der Waals surface area contributed by atoms with Gasteiger partial charge in [0, 0.05) is 12.6 Å². The summed E-state index contributed by atoms with van der Waals surface area (Å²) in [5.74, 6) is -0.0811. The van der Waals surface area contributed by atoms with Gasteiger partial charge in [0.05, 0.1) is 6.04 Å². The van der Waals surface area contributed by atoms with E-state index < -0.39 is 6.04 Å². The lowest BCUT2D eigenvalue weighted by Gasteiger charge is -2.29. The normalized spacial score (nSPS) is 20.8. The minimum atomic E-state index is -0.480. The van der Waals surface area contributed by atoms with Gasteiger partial charge in [-0.15, -0.1) is 12.4 Å². The van der Waals surface area contributed by atoms with E-state index in [4.69, 9.17) is 0 Å². The van der Waals surface area contributed by atoms with Crippen LogP contribution in [-0.4, -0.2) is 29.9 Å². The van der Waals surface area contributed by atoms with Crippen LogP contribution in [0.2, 0.25) is 0 Å². The topological polar surface area (TPSA) is 70.2 Å². The molecule has 2 atom stereocenters. The molecule has 1 aliphatic carbocycles.